The standard InChI is InChI=1S/C55H87F3N4O13/c1-15-26-59-31-54(68)37(8)71-43(29-52(54,10)69-14)74-44-34(5)47(51(9,66)28-32(3)30-60-36(7)46(63)53(11,67)42(16-2)73-48(64)35(44)6)75-49-45(72-40-20-18-17-19-21-40)41(27-33(4)70-49)62(13)50(65)61(12)39-24-22-38(23-25-39)55(56,57)58/h17-25,32-37,41-47,49,59-60,63,66-68H,15-16,26-31H2,1-14H3/t32-,33-,34+,35-,36-,37+,41+,42-,43+,44+,45-,46-,47-,49+,51-,52-,53-,54+/m1/s1. The van der Waals surface area contributed by atoms with Crippen LogP contribution < -0.4 is 20.3 Å². The first kappa shape index (κ1) is 62.2. The molecule has 0 unspecified atom stereocenters. The van der Waals surface area contributed by atoms with E-state index in [-0.39, 0.29) is 50.4 Å². The van der Waals surface area contributed by atoms with E-state index in [0.717, 1.165) is 18.6 Å². The summed E-state index contributed by atoms with van der Waals surface area (Å²) in [6, 6.07) is 11.1. The topological polar surface area (TPSA) is 210 Å². The summed E-state index contributed by atoms with van der Waals surface area (Å²) in [6.07, 6.45) is -13.3. The highest BCUT2D eigenvalue weighted by molar-refractivity contribution is 5.91. The molecular formula is C55H87F3N4O13. The number of halogens is 3. The molecule has 3 saturated heterocycles. The van der Waals surface area contributed by atoms with E-state index in [1.807, 2.05) is 19.9 Å². The molecule has 75 heavy (non-hydrogen) atoms. The zero-order valence-electron chi connectivity index (χ0n) is 46.4. The second-order valence-corrected chi connectivity index (χ2v) is 22.1. The number of benzene rings is 2. The molecule has 0 aromatic heterocycles. The molecule has 3 heterocycles. The molecule has 0 bridgehead atoms. The van der Waals surface area contributed by atoms with Gasteiger partial charge in [0.2, 0.25) is 0 Å². The van der Waals surface area contributed by atoms with Crippen LogP contribution in [0.1, 0.15) is 114 Å². The average molecular weight is 1070 g/mol. The minimum atomic E-state index is -4.57. The summed E-state index contributed by atoms with van der Waals surface area (Å²) in [4.78, 5) is 31.9. The third-order valence-electron chi connectivity index (χ3n) is 16.0. The lowest BCUT2D eigenvalue weighted by molar-refractivity contribution is -0.335. The molecule has 18 atom stereocenters. The summed E-state index contributed by atoms with van der Waals surface area (Å²) in [6.45, 7) is 20.2. The van der Waals surface area contributed by atoms with Crippen molar-refractivity contribution >= 4 is 17.7 Å². The van der Waals surface area contributed by atoms with Gasteiger partial charge in [-0.3, -0.25) is 9.69 Å². The van der Waals surface area contributed by atoms with Gasteiger partial charge in [-0.2, -0.15) is 13.2 Å². The van der Waals surface area contributed by atoms with Crippen molar-refractivity contribution in [3.63, 3.8) is 0 Å². The molecule has 3 aliphatic heterocycles. The molecule has 426 valence electrons. The lowest BCUT2D eigenvalue weighted by atomic mass is 9.75. The molecule has 20 heteroatoms. The number of anilines is 1. The Morgan fingerprint density at radius 1 is 0.907 bits per heavy atom. The van der Waals surface area contributed by atoms with Gasteiger partial charge in [-0.1, -0.05) is 45.9 Å². The smallest absolute Gasteiger partial charge is 0.416 e. The maximum atomic E-state index is 14.7. The first-order valence-corrected chi connectivity index (χ1v) is 26.5. The van der Waals surface area contributed by atoms with Crippen LogP contribution in [0.5, 0.6) is 5.75 Å². The molecule has 17 nitrogen and oxygen atoms in total. The molecule has 5 rings (SSSR count). The summed E-state index contributed by atoms with van der Waals surface area (Å²) >= 11 is 0. The van der Waals surface area contributed by atoms with Gasteiger partial charge in [0, 0.05) is 51.8 Å². The van der Waals surface area contributed by atoms with E-state index in [2.05, 4.69) is 10.6 Å². The molecule has 2 amide bonds. The molecule has 6 N–H and O–H groups in total. The highest BCUT2D eigenvalue weighted by Crippen LogP contribution is 2.44. The number of ether oxygens (including phenoxy) is 7. The Kier molecular flexibility index (Phi) is 21.1. The molecule has 2 aromatic rings. The summed E-state index contributed by atoms with van der Waals surface area (Å²) in [7, 11) is 4.53. The number of carbonyl (C=O) groups is 2. The minimum Gasteiger partial charge on any atom is -0.483 e. The van der Waals surface area contributed by atoms with Gasteiger partial charge in [-0.15, -0.1) is 0 Å². The van der Waals surface area contributed by atoms with Gasteiger partial charge in [0.15, 0.2) is 18.7 Å². The van der Waals surface area contributed by atoms with Crippen LogP contribution in [-0.4, -0.2) is 168 Å². The van der Waals surface area contributed by atoms with Crippen molar-refractivity contribution in [1.82, 2.24) is 15.5 Å². The average Bonchev–Trinajstić information content (AvgIpc) is 3.36. The van der Waals surface area contributed by atoms with E-state index in [1.54, 1.807) is 86.7 Å². The summed E-state index contributed by atoms with van der Waals surface area (Å²) in [5, 5.41) is 55.4. The van der Waals surface area contributed by atoms with Gasteiger partial charge in [0.05, 0.1) is 47.5 Å². The number of nitrogens with zero attached hydrogens (tertiary/aromatic N) is 2. The number of amides is 2. The fourth-order valence-corrected chi connectivity index (χ4v) is 11.2. The van der Waals surface area contributed by atoms with Gasteiger partial charge in [-0.05, 0) is 130 Å². The number of rotatable bonds is 14. The molecule has 0 saturated carbocycles. The van der Waals surface area contributed by atoms with Crippen molar-refractivity contribution in [2.24, 2.45) is 17.8 Å². The Balaban J connectivity index is 1.63. The number of hydrogen-bond donors (Lipinski definition) is 6. The zero-order chi connectivity index (χ0) is 56.0. The second-order valence-electron chi connectivity index (χ2n) is 22.1. The number of hydrogen-bond acceptors (Lipinski definition) is 15. The fourth-order valence-electron chi connectivity index (χ4n) is 11.2. The molecular weight excluding hydrogens is 982 g/mol. The Morgan fingerprint density at radius 2 is 1.55 bits per heavy atom. The van der Waals surface area contributed by atoms with E-state index >= 15 is 0 Å². The highest BCUT2D eigenvalue weighted by atomic mass is 19.4. The van der Waals surface area contributed by atoms with E-state index in [9.17, 15) is 43.2 Å². The summed E-state index contributed by atoms with van der Waals surface area (Å²) in [5.41, 5.74) is -7.07. The normalized spacial score (nSPS) is 38.7. The molecule has 3 aliphatic rings. The lowest BCUT2D eigenvalue weighted by Gasteiger charge is -2.53. The highest BCUT2D eigenvalue weighted by Gasteiger charge is 2.59. The van der Waals surface area contributed by atoms with Crippen molar-refractivity contribution in [1.29, 1.82) is 0 Å². The van der Waals surface area contributed by atoms with Crippen LogP contribution in [0.4, 0.5) is 23.7 Å². The predicted molar refractivity (Wildman–Crippen MR) is 276 cm³/mol. The first-order valence-electron chi connectivity index (χ1n) is 26.5. The molecule has 0 spiro atoms. The molecule has 3 fully saturated rings. The van der Waals surface area contributed by atoms with Gasteiger partial charge in [0.25, 0.3) is 0 Å². The molecule has 2 aromatic carbocycles. The Labute approximate surface area is 442 Å². The van der Waals surface area contributed by atoms with E-state index < -0.39 is 125 Å². The monoisotopic (exact) mass is 1070 g/mol. The number of para-hydroxylation sites is 1. The maximum absolute atomic E-state index is 14.7. The van der Waals surface area contributed by atoms with Crippen molar-refractivity contribution in [2.75, 3.05) is 45.7 Å². The maximum Gasteiger partial charge on any atom is 0.416 e. The van der Waals surface area contributed by atoms with Crippen LogP contribution in [-0.2, 0) is 39.4 Å². The van der Waals surface area contributed by atoms with Gasteiger partial charge < -0.3 is 69.1 Å². The quantitative estimate of drug-likeness (QED) is 0.0864. The number of methoxy groups -OCH3 is 1. The van der Waals surface area contributed by atoms with Crippen LogP contribution in [0.3, 0.4) is 0 Å². The summed E-state index contributed by atoms with van der Waals surface area (Å²) in [5.74, 6) is -2.79. The number of carbonyl (C=O) groups excluding carboxylic acids is 2. The van der Waals surface area contributed by atoms with Crippen molar-refractivity contribution in [3.8, 4) is 5.75 Å². The van der Waals surface area contributed by atoms with E-state index in [0.29, 0.717) is 12.3 Å². The van der Waals surface area contributed by atoms with Crippen LogP contribution in [0.25, 0.3) is 0 Å². The summed E-state index contributed by atoms with van der Waals surface area (Å²) < 4.78 is 86.9. The Bertz CT molecular complexity index is 2130. The van der Waals surface area contributed by atoms with Gasteiger partial charge >= 0.3 is 18.2 Å². The fraction of sp³-hybridized carbons (Fsp3) is 0.745. The van der Waals surface area contributed by atoms with Gasteiger partial charge in [-0.25, -0.2) is 4.79 Å². The van der Waals surface area contributed by atoms with E-state index in [1.165, 1.54) is 43.0 Å². The number of urea groups is 1. The number of aliphatic hydroxyl groups is 4. The first-order chi connectivity index (χ1) is 35.0. The number of cyclic esters (lactones) is 1. The molecule has 0 radical (unpaired) electrons. The number of alkyl halides is 3. The lowest BCUT2D eigenvalue weighted by Crippen LogP contribution is -2.70. The number of nitrogens with one attached hydrogen (secondary N) is 2. The van der Waals surface area contributed by atoms with Crippen molar-refractivity contribution in [3.05, 3.63) is 60.2 Å². The second kappa shape index (κ2) is 25.4. The third-order valence-corrected chi connectivity index (χ3v) is 16.0. The Hall–Kier alpha value is -3.67. The zero-order valence-corrected chi connectivity index (χ0v) is 46.4. The number of likely N-dealkylation sites (N-methyl/N-ethyl adjacent to an activating group) is 1. The predicted octanol–water partition coefficient (Wildman–Crippen LogP) is 6.66. The van der Waals surface area contributed by atoms with Crippen LogP contribution in [0.15, 0.2) is 54.6 Å². The Morgan fingerprint density at radius 3 is 2.13 bits per heavy atom. The van der Waals surface area contributed by atoms with Crippen LogP contribution >= 0.6 is 0 Å². The minimum absolute atomic E-state index is 0.00331. The third kappa shape index (κ3) is 14.3. The number of esters is 1. The van der Waals surface area contributed by atoms with Crippen molar-refractivity contribution < 1.29 is 76.3 Å². The SMILES string of the molecule is CCCNC[C@]1(O)[C@H](C)O[C@@H](O[C@H]2[C@H](C)[C@@H](O[C@@H]3O[C@H](C)C[C@H](N(C)C(=O)N(C)c4ccc(C(F)(F)F)cc4)[C@H]3Oc3ccccc3)[C@](C)(O)C[C@@H](C)CN[C@H](C)[C@@H](O)[C@](C)(O)[C@@H](CC)OC(=O)[C@@H]2C)C[C@@]1(C)OC. The van der Waals surface area contributed by atoms with E-state index in [4.69, 9.17) is 33.2 Å². The van der Waals surface area contributed by atoms with Gasteiger partial charge in [0.1, 0.15) is 34.8 Å². The molecule has 0 aliphatic carbocycles. The number of aliphatic hydroxyl groups excluding tert-OH is 1. The van der Waals surface area contributed by atoms with Crippen LogP contribution in [0.2, 0.25) is 0 Å². The largest absolute Gasteiger partial charge is 0.483 e. The van der Waals surface area contributed by atoms with Crippen LogP contribution in [0, 0.1) is 17.8 Å². The van der Waals surface area contributed by atoms with Crippen molar-refractivity contribution in [2.45, 2.75) is 204 Å².